The van der Waals surface area contributed by atoms with Crippen LogP contribution in [0.15, 0.2) is 84.9 Å². The van der Waals surface area contributed by atoms with Gasteiger partial charge in [-0.3, -0.25) is 4.40 Å². The van der Waals surface area contributed by atoms with Crippen LogP contribution in [0.5, 0.6) is 0 Å². The van der Waals surface area contributed by atoms with Crippen LogP contribution in [0, 0.1) is 0 Å². The van der Waals surface area contributed by atoms with Crippen molar-refractivity contribution in [3.63, 3.8) is 0 Å². The molecule has 0 fully saturated rings. The van der Waals surface area contributed by atoms with Crippen molar-refractivity contribution < 1.29 is 0 Å². The summed E-state index contributed by atoms with van der Waals surface area (Å²) in [6.45, 7) is 0. The van der Waals surface area contributed by atoms with E-state index in [-0.39, 0.29) is 0 Å². The molecule has 32 heavy (non-hydrogen) atoms. The summed E-state index contributed by atoms with van der Waals surface area (Å²) in [7, 11) is 4.11. The Labute approximate surface area is 188 Å². The molecule has 0 saturated heterocycles. The largest absolute Gasteiger partial charge is 0.316 e. The zero-order valence-corrected chi connectivity index (χ0v) is 18.6. The molecule has 0 amide bonds. The van der Waals surface area contributed by atoms with Crippen LogP contribution in [0.2, 0.25) is 0 Å². The highest BCUT2D eigenvalue weighted by Crippen LogP contribution is 2.37. The second-order valence-corrected chi connectivity index (χ2v) is 9.49. The predicted molar refractivity (Wildman–Crippen MR) is 137 cm³/mol. The van der Waals surface area contributed by atoms with Gasteiger partial charge in [0.15, 0.2) is 0 Å². The van der Waals surface area contributed by atoms with Crippen molar-refractivity contribution in [2.45, 2.75) is 0 Å². The van der Waals surface area contributed by atoms with Crippen molar-refractivity contribution in [3.05, 3.63) is 84.9 Å². The molecule has 0 atom stereocenters. The van der Waals surface area contributed by atoms with Crippen LogP contribution in [0.25, 0.3) is 59.1 Å². The van der Waals surface area contributed by atoms with Crippen molar-refractivity contribution in [2.75, 3.05) is 19.1 Å². The molecule has 0 N–H and O–H groups in total. The van der Waals surface area contributed by atoms with E-state index in [9.17, 15) is 0 Å². The van der Waals surface area contributed by atoms with Gasteiger partial charge in [0.05, 0.1) is 22.1 Å². The highest BCUT2D eigenvalue weighted by molar-refractivity contribution is 7.25. The van der Waals surface area contributed by atoms with Gasteiger partial charge in [0.25, 0.3) is 0 Å². The fraction of sp³-hybridized carbons (Fsp3) is 0.0741. The summed E-state index contributed by atoms with van der Waals surface area (Å²) in [6, 6.07) is 30.5. The molecular formula is C27H20N4S. The molecule has 3 heterocycles. The molecule has 0 aliphatic heterocycles. The maximum atomic E-state index is 5.05. The maximum absolute atomic E-state index is 5.05. The quantitative estimate of drug-likeness (QED) is 0.305. The number of aromatic nitrogens is 3. The fourth-order valence-electron chi connectivity index (χ4n) is 4.87. The van der Waals surface area contributed by atoms with Gasteiger partial charge in [0, 0.05) is 34.3 Å². The lowest BCUT2D eigenvalue weighted by Gasteiger charge is -2.14. The molecule has 0 radical (unpaired) electrons. The zero-order valence-electron chi connectivity index (χ0n) is 17.8. The monoisotopic (exact) mass is 432 g/mol. The van der Waals surface area contributed by atoms with Crippen molar-refractivity contribution in [1.29, 1.82) is 0 Å². The van der Waals surface area contributed by atoms with Crippen LogP contribution in [-0.2, 0) is 0 Å². The van der Waals surface area contributed by atoms with Crippen LogP contribution >= 0.6 is 11.3 Å². The molecule has 7 rings (SSSR count). The van der Waals surface area contributed by atoms with Gasteiger partial charge in [0.2, 0.25) is 5.78 Å². The number of benzene rings is 4. The third-order valence-electron chi connectivity index (χ3n) is 6.29. The van der Waals surface area contributed by atoms with E-state index in [4.69, 9.17) is 4.98 Å². The minimum absolute atomic E-state index is 0.933. The Morgan fingerprint density at radius 1 is 0.688 bits per heavy atom. The third-order valence-corrected chi connectivity index (χ3v) is 7.44. The number of hydrogen-bond acceptors (Lipinski definition) is 3. The molecule has 0 saturated carbocycles. The Kier molecular flexibility index (Phi) is 3.53. The molecule has 4 aromatic carbocycles. The Morgan fingerprint density at radius 2 is 1.41 bits per heavy atom. The Bertz CT molecular complexity index is 1820. The lowest BCUT2D eigenvalue weighted by atomic mass is 10.0. The van der Waals surface area contributed by atoms with Crippen LogP contribution in [-0.4, -0.2) is 28.2 Å². The first kappa shape index (κ1) is 17.8. The van der Waals surface area contributed by atoms with Crippen molar-refractivity contribution in [3.8, 4) is 11.1 Å². The van der Waals surface area contributed by atoms with E-state index in [1.54, 1.807) is 0 Å². The van der Waals surface area contributed by atoms with E-state index in [1.807, 2.05) is 11.3 Å². The topological polar surface area (TPSA) is 25.5 Å². The van der Waals surface area contributed by atoms with Gasteiger partial charge in [0.1, 0.15) is 0 Å². The maximum Gasteiger partial charge on any atom is 0.235 e. The van der Waals surface area contributed by atoms with Crippen LogP contribution in [0.1, 0.15) is 0 Å². The number of rotatable bonds is 2. The van der Waals surface area contributed by atoms with Crippen LogP contribution in [0.4, 0.5) is 0 Å². The normalized spacial score (nSPS) is 12.1. The summed E-state index contributed by atoms with van der Waals surface area (Å²) in [5, 5.41) is 4.73. The van der Waals surface area contributed by atoms with E-state index in [0.717, 1.165) is 27.8 Å². The summed E-state index contributed by atoms with van der Waals surface area (Å²) < 4.78 is 7.08. The van der Waals surface area contributed by atoms with E-state index >= 15 is 0 Å². The first-order valence-corrected chi connectivity index (χ1v) is 11.5. The average molecular weight is 433 g/mol. The van der Waals surface area contributed by atoms with E-state index in [0.29, 0.717) is 0 Å². The van der Waals surface area contributed by atoms with Crippen molar-refractivity contribution in [1.82, 2.24) is 14.1 Å². The Hall–Kier alpha value is -3.83. The molecule has 0 bridgehead atoms. The highest BCUT2D eigenvalue weighted by atomic mass is 32.1. The Morgan fingerprint density at radius 3 is 2.28 bits per heavy atom. The number of hydrogen-bond donors (Lipinski definition) is 0. The number of fused-ring (bicyclic) bond motifs is 8. The highest BCUT2D eigenvalue weighted by Gasteiger charge is 2.17. The molecule has 0 unspecified atom stereocenters. The van der Waals surface area contributed by atoms with Gasteiger partial charge < -0.3 is 5.01 Å². The summed E-state index contributed by atoms with van der Waals surface area (Å²) in [4.78, 5) is 5.05. The second-order valence-electron chi connectivity index (χ2n) is 8.41. The third kappa shape index (κ3) is 2.34. The first-order chi connectivity index (χ1) is 15.7. The smallest absolute Gasteiger partial charge is 0.235 e. The summed E-state index contributed by atoms with van der Waals surface area (Å²) in [6.07, 6.45) is 0. The Balaban J connectivity index is 1.47. The molecule has 7 aromatic rings. The number of para-hydroxylation sites is 2. The molecule has 0 aliphatic rings. The average Bonchev–Trinajstić information content (AvgIpc) is 3.46. The van der Waals surface area contributed by atoms with Gasteiger partial charge >= 0.3 is 0 Å². The molecular weight excluding hydrogens is 412 g/mol. The summed E-state index contributed by atoms with van der Waals surface area (Å²) in [5.74, 6) is 0.933. The van der Waals surface area contributed by atoms with Gasteiger partial charge in [-0.15, -0.1) is 11.3 Å². The van der Waals surface area contributed by atoms with Crippen LogP contribution in [0.3, 0.4) is 0 Å². The first-order valence-electron chi connectivity index (χ1n) is 10.7. The predicted octanol–water partition coefficient (Wildman–Crippen LogP) is 6.67. The molecule has 3 aromatic heterocycles. The summed E-state index contributed by atoms with van der Waals surface area (Å²) in [5.41, 5.74) is 6.87. The standard InChI is InChI=1S/C27H20N4S/c1-29(2)31-24-9-5-4-8-23(24)30-22-13-11-18(16-21(22)28-27(30)31)17-12-14-26-20(15-17)19-7-3-6-10-25(19)32-26/h3-16H,1-2H3. The molecule has 5 heteroatoms. The van der Waals surface area contributed by atoms with E-state index in [1.165, 1.54) is 31.3 Å². The minimum atomic E-state index is 0.933. The SMILES string of the molecule is CN(C)n1c2ccccc2n2c3ccc(-c4ccc5sc6ccccc6c5c4)cc3nc12. The lowest BCUT2D eigenvalue weighted by molar-refractivity contribution is 0.773. The van der Waals surface area contributed by atoms with Gasteiger partial charge in [-0.05, 0) is 53.6 Å². The van der Waals surface area contributed by atoms with Crippen LogP contribution < -0.4 is 5.01 Å². The molecule has 0 aliphatic carbocycles. The van der Waals surface area contributed by atoms with Gasteiger partial charge in [-0.2, -0.15) is 0 Å². The molecule has 0 spiro atoms. The van der Waals surface area contributed by atoms with Crippen molar-refractivity contribution >= 4 is 59.4 Å². The number of thiophene rings is 1. The molecule has 154 valence electrons. The van der Waals surface area contributed by atoms with Crippen molar-refractivity contribution in [2.24, 2.45) is 0 Å². The number of imidazole rings is 2. The minimum Gasteiger partial charge on any atom is -0.316 e. The zero-order chi connectivity index (χ0) is 21.4. The second kappa shape index (κ2) is 6.34. The fourth-order valence-corrected chi connectivity index (χ4v) is 5.95. The van der Waals surface area contributed by atoms with Gasteiger partial charge in [-0.1, -0.05) is 42.5 Å². The molecule has 4 nitrogen and oxygen atoms in total. The number of nitrogens with zero attached hydrogens (tertiary/aromatic N) is 4. The lowest BCUT2D eigenvalue weighted by Crippen LogP contribution is -2.24. The van der Waals surface area contributed by atoms with E-state index < -0.39 is 0 Å². The van der Waals surface area contributed by atoms with Gasteiger partial charge in [-0.25, -0.2) is 9.66 Å². The summed E-state index contributed by atoms with van der Waals surface area (Å²) >= 11 is 1.85. The van der Waals surface area contributed by atoms with E-state index in [2.05, 4.69) is 113 Å².